The van der Waals surface area contributed by atoms with Crippen molar-refractivity contribution in [3.05, 3.63) is 39.9 Å². The standard InChI is InChI=1S/C11H10Cl2N2O5/c12-10(13)11(18)14-8(5-16)9(17)6-2-1-3-7(4-6)15(19)20/h1-4,8,10,16H,5H2,(H,14,18). The summed E-state index contributed by atoms with van der Waals surface area (Å²) in [4.78, 5) is 31.9. The van der Waals surface area contributed by atoms with Crippen LogP contribution in [0.15, 0.2) is 24.3 Å². The highest BCUT2D eigenvalue weighted by atomic mass is 35.5. The van der Waals surface area contributed by atoms with Crippen molar-refractivity contribution in [2.45, 2.75) is 10.9 Å². The molecule has 108 valence electrons. The molecule has 9 heteroatoms. The van der Waals surface area contributed by atoms with Crippen molar-refractivity contribution in [1.82, 2.24) is 5.32 Å². The first kappa shape index (κ1) is 16.4. The van der Waals surface area contributed by atoms with Crippen molar-refractivity contribution < 1.29 is 19.6 Å². The number of benzene rings is 1. The van der Waals surface area contributed by atoms with Gasteiger partial charge in [0.1, 0.15) is 6.04 Å². The van der Waals surface area contributed by atoms with Crippen LogP contribution in [0.2, 0.25) is 0 Å². The summed E-state index contributed by atoms with van der Waals surface area (Å²) in [6.45, 7) is -0.687. The molecule has 1 aromatic rings. The van der Waals surface area contributed by atoms with Gasteiger partial charge in [0.25, 0.3) is 11.6 Å². The number of nitrogens with zero attached hydrogens (tertiary/aromatic N) is 1. The van der Waals surface area contributed by atoms with Crippen LogP contribution in [0.3, 0.4) is 0 Å². The quantitative estimate of drug-likeness (QED) is 0.352. The van der Waals surface area contributed by atoms with E-state index in [2.05, 4.69) is 5.32 Å². The molecule has 0 fully saturated rings. The molecule has 7 nitrogen and oxygen atoms in total. The maximum atomic E-state index is 12.0. The maximum absolute atomic E-state index is 12.0. The Kier molecular flexibility index (Phi) is 5.87. The second-order valence-corrected chi connectivity index (χ2v) is 4.81. The molecule has 20 heavy (non-hydrogen) atoms. The highest BCUT2D eigenvalue weighted by Gasteiger charge is 2.24. The zero-order valence-electron chi connectivity index (χ0n) is 9.95. The van der Waals surface area contributed by atoms with Crippen molar-refractivity contribution in [2.24, 2.45) is 0 Å². The molecule has 1 amide bonds. The first-order valence-electron chi connectivity index (χ1n) is 5.35. The predicted molar refractivity (Wildman–Crippen MR) is 71.9 cm³/mol. The highest BCUT2D eigenvalue weighted by Crippen LogP contribution is 2.15. The number of aliphatic hydroxyl groups is 1. The summed E-state index contributed by atoms with van der Waals surface area (Å²) in [5, 5.41) is 21.9. The van der Waals surface area contributed by atoms with E-state index in [1.807, 2.05) is 0 Å². The van der Waals surface area contributed by atoms with E-state index in [1.165, 1.54) is 18.2 Å². The van der Waals surface area contributed by atoms with Gasteiger partial charge in [-0.15, -0.1) is 0 Å². The Balaban J connectivity index is 2.94. The second-order valence-electron chi connectivity index (χ2n) is 3.72. The summed E-state index contributed by atoms with van der Waals surface area (Å²) in [5.41, 5.74) is -0.286. The number of carbonyl (C=O) groups is 2. The van der Waals surface area contributed by atoms with E-state index in [-0.39, 0.29) is 11.3 Å². The molecule has 2 N–H and O–H groups in total. The van der Waals surface area contributed by atoms with Gasteiger partial charge >= 0.3 is 0 Å². The molecule has 0 spiro atoms. The molecule has 0 aliphatic rings. The Morgan fingerprint density at radius 3 is 2.55 bits per heavy atom. The smallest absolute Gasteiger partial charge is 0.270 e. The van der Waals surface area contributed by atoms with Crippen LogP contribution in [-0.2, 0) is 4.79 Å². The number of carbonyl (C=O) groups excluding carboxylic acids is 2. The number of nitro benzene ring substituents is 1. The van der Waals surface area contributed by atoms with Crippen LogP contribution in [0.4, 0.5) is 5.69 Å². The van der Waals surface area contributed by atoms with Crippen molar-refractivity contribution >= 4 is 40.6 Å². The maximum Gasteiger partial charge on any atom is 0.270 e. The Bertz CT molecular complexity index is 535. The number of ketones is 1. The molecular formula is C11H10Cl2N2O5. The number of alkyl halides is 2. The lowest BCUT2D eigenvalue weighted by Crippen LogP contribution is -2.45. The first-order chi connectivity index (χ1) is 9.36. The molecule has 0 bridgehead atoms. The minimum atomic E-state index is -1.39. The molecule has 0 aromatic heterocycles. The number of Topliss-reactive ketones (excluding diaryl/α,β-unsaturated/α-hetero) is 1. The third kappa shape index (κ3) is 4.16. The van der Waals surface area contributed by atoms with Gasteiger partial charge in [-0.1, -0.05) is 35.3 Å². The molecule has 0 radical (unpaired) electrons. The van der Waals surface area contributed by atoms with E-state index in [9.17, 15) is 19.7 Å². The Morgan fingerprint density at radius 1 is 1.40 bits per heavy atom. The van der Waals surface area contributed by atoms with E-state index >= 15 is 0 Å². The fourth-order valence-electron chi connectivity index (χ4n) is 1.40. The fraction of sp³-hybridized carbons (Fsp3) is 0.273. The third-order valence-electron chi connectivity index (χ3n) is 2.36. The lowest BCUT2D eigenvalue weighted by Gasteiger charge is -2.15. The number of nitrogens with one attached hydrogen (secondary N) is 1. The summed E-state index contributed by atoms with van der Waals surface area (Å²) in [5.74, 6) is -1.52. The predicted octanol–water partition coefficient (Wildman–Crippen LogP) is 1.06. The van der Waals surface area contributed by atoms with Crippen molar-refractivity contribution in [2.75, 3.05) is 6.61 Å². The molecule has 1 unspecified atom stereocenters. The lowest BCUT2D eigenvalue weighted by atomic mass is 10.0. The van der Waals surface area contributed by atoms with Crippen LogP contribution in [0.25, 0.3) is 0 Å². The Labute approximate surface area is 123 Å². The number of rotatable bonds is 6. The van der Waals surface area contributed by atoms with Gasteiger partial charge in [0.05, 0.1) is 11.5 Å². The first-order valence-corrected chi connectivity index (χ1v) is 6.22. The molecule has 0 saturated heterocycles. The Morgan fingerprint density at radius 2 is 2.05 bits per heavy atom. The van der Waals surface area contributed by atoms with Gasteiger partial charge in [0.15, 0.2) is 10.6 Å². The lowest BCUT2D eigenvalue weighted by molar-refractivity contribution is -0.384. The molecule has 1 atom stereocenters. The van der Waals surface area contributed by atoms with Gasteiger partial charge in [0, 0.05) is 17.7 Å². The summed E-state index contributed by atoms with van der Waals surface area (Å²) in [6.07, 6.45) is 0. The molecule has 0 aliphatic heterocycles. The highest BCUT2D eigenvalue weighted by molar-refractivity contribution is 6.53. The fourth-order valence-corrected chi connectivity index (χ4v) is 1.53. The van der Waals surface area contributed by atoms with E-state index in [0.29, 0.717) is 0 Å². The van der Waals surface area contributed by atoms with Gasteiger partial charge in [-0.3, -0.25) is 19.7 Å². The van der Waals surface area contributed by atoms with Crippen LogP contribution in [0.1, 0.15) is 10.4 Å². The summed E-state index contributed by atoms with van der Waals surface area (Å²) < 4.78 is 0. The van der Waals surface area contributed by atoms with E-state index in [1.54, 1.807) is 0 Å². The molecule has 0 aliphatic carbocycles. The molecule has 0 saturated carbocycles. The van der Waals surface area contributed by atoms with Crippen LogP contribution >= 0.6 is 23.2 Å². The third-order valence-corrected chi connectivity index (χ3v) is 2.75. The number of nitro groups is 1. The monoisotopic (exact) mass is 320 g/mol. The average molecular weight is 321 g/mol. The minimum Gasteiger partial charge on any atom is -0.394 e. The SMILES string of the molecule is O=C(NC(CO)C(=O)c1cccc([N+](=O)[O-])c1)C(Cl)Cl. The summed E-state index contributed by atoms with van der Waals surface area (Å²) in [7, 11) is 0. The molecule has 1 rings (SSSR count). The van der Waals surface area contributed by atoms with Gasteiger partial charge in [0.2, 0.25) is 0 Å². The zero-order valence-corrected chi connectivity index (χ0v) is 11.5. The van der Waals surface area contributed by atoms with Crippen molar-refractivity contribution in [3.8, 4) is 0 Å². The van der Waals surface area contributed by atoms with E-state index < -0.39 is 34.1 Å². The second kappa shape index (κ2) is 7.18. The average Bonchev–Trinajstić information content (AvgIpc) is 2.43. The van der Waals surface area contributed by atoms with E-state index in [4.69, 9.17) is 28.3 Å². The molecule has 1 aromatic carbocycles. The minimum absolute atomic E-state index is 0.0146. The largest absolute Gasteiger partial charge is 0.394 e. The topological polar surface area (TPSA) is 110 Å². The van der Waals surface area contributed by atoms with Gasteiger partial charge < -0.3 is 10.4 Å². The molecular weight excluding hydrogens is 311 g/mol. The van der Waals surface area contributed by atoms with E-state index in [0.717, 1.165) is 6.07 Å². The number of amides is 1. The van der Waals surface area contributed by atoms with Gasteiger partial charge in [-0.05, 0) is 0 Å². The van der Waals surface area contributed by atoms with Crippen LogP contribution in [-0.4, -0.2) is 39.2 Å². The van der Waals surface area contributed by atoms with Crippen LogP contribution in [0.5, 0.6) is 0 Å². The number of hydrogen-bond acceptors (Lipinski definition) is 5. The van der Waals surface area contributed by atoms with Gasteiger partial charge in [-0.2, -0.15) is 0 Å². The van der Waals surface area contributed by atoms with Gasteiger partial charge in [-0.25, -0.2) is 0 Å². The van der Waals surface area contributed by atoms with Crippen LogP contribution < -0.4 is 5.32 Å². The zero-order chi connectivity index (χ0) is 15.3. The normalized spacial score (nSPS) is 12.0. The number of halogens is 2. The van der Waals surface area contributed by atoms with Crippen LogP contribution in [0, 0.1) is 10.1 Å². The molecule has 0 heterocycles. The van der Waals surface area contributed by atoms with Crippen molar-refractivity contribution in [1.29, 1.82) is 0 Å². The number of non-ortho nitro benzene ring substituents is 1. The van der Waals surface area contributed by atoms with Crippen molar-refractivity contribution in [3.63, 3.8) is 0 Å². The Hall–Kier alpha value is -1.70. The number of hydrogen-bond donors (Lipinski definition) is 2. The number of aliphatic hydroxyl groups excluding tert-OH is 1. The summed E-state index contributed by atoms with van der Waals surface area (Å²) >= 11 is 10.6. The summed E-state index contributed by atoms with van der Waals surface area (Å²) in [6, 6.07) is 3.66.